The molecule has 2 rings (SSSR count). The first-order valence-corrected chi connectivity index (χ1v) is 5.62. The molecule has 2 aromatic rings. The highest BCUT2D eigenvalue weighted by molar-refractivity contribution is 6.02. The summed E-state index contributed by atoms with van der Waals surface area (Å²) in [6.45, 7) is 0. The summed E-state index contributed by atoms with van der Waals surface area (Å²) >= 11 is 0. The molecular weight excluding hydrogens is 260 g/mol. The van der Waals surface area contributed by atoms with Crippen molar-refractivity contribution in [1.29, 1.82) is 0 Å². The first-order chi connectivity index (χ1) is 9.40. The number of nitrogen functional groups attached to an aromatic ring is 2. The fourth-order valence-electron chi connectivity index (χ4n) is 1.93. The molecule has 0 saturated carbocycles. The summed E-state index contributed by atoms with van der Waals surface area (Å²) in [4.78, 5) is 22.3. The highest BCUT2D eigenvalue weighted by Gasteiger charge is 2.12. The number of anilines is 2. The van der Waals surface area contributed by atoms with Crippen molar-refractivity contribution in [2.24, 2.45) is 0 Å². The van der Waals surface area contributed by atoms with Crippen LogP contribution in [0.4, 0.5) is 11.4 Å². The standard InChI is InChI=1S/C14H12N2O4/c15-7-1-3-9(11(5-7)13(17)18)10-4-2-8(16)6-12(10)14(19)20/h1-6H,15-16H2,(H,17,18)(H,19,20)/p-2. The normalized spacial score (nSPS) is 10.2. The number of nitrogens with two attached hydrogens (primary N) is 2. The highest BCUT2D eigenvalue weighted by atomic mass is 16.4. The second kappa shape index (κ2) is 4.93. The summed E-state index contributed by atoms with van der Waals surface area (Å²) in [5.74, 6) is -2.90. The Morgan fingerprint density at radius 2 is 1.10 bits per heavy atom. The van der Waals surface area contributed by atoms with Gasteiger partial charge in [0.25, 0.3) is 0 Å². The quantitative estimate of drug-likeness (QED) is 0.705. The largest absolute Gasteiger partial charge is 0.545 e. The van der Waals surface area contributed by atoms with Gasteiger partial charge in [-0.1, -0.05) is 12.1 Å². The van der Waals surface area contributed by atoms with E-state index in [-0.39, 0.29) is 33.6 Å². The predicted octanol–water partition coefficient (Wildman–Crippen LogP) is -0.755. The van der Waals surface area contributed by atoms with E-state index in [1.54, 1.807) is 0 Å². The second-order valence-electron chi connectivity index (χ2n) is 4.18. The van der Waals surface area contributed by atoms with Gasteiger partial charge in [-0.2, -0.15) is 0 Å². The first-order valence-electron chi connectivity index (χ1n) is 5.62. The van der Waals surface area contributed by atoms with E-state index in [1.165, 1.54) is 36.4 Å². The number of aromatic carboxylic acids is 2. The third-order valence-corrected chi connectivity index (χ3v) is 2.82. The van der Waals surface area contributed by atoms with Crippen LogP contribution in [0.15, 0.2) is 36.4 Å². The molecule has 102 valence electrons. The Hall–Kier alpha value is -3.02. The third kappa shape index (κ3) is 2.39. The number of hydrogen-bond acceptors (Lipinski definition) is 6. The molecule has 2 aromatic carbocycles. The van der Waals surface area contributed by atoms with Gasteiger partial charge in [-0.15, -0.1) is 0 Å². The molecule has 0 aliphatic rings. The van der Waals surface area contributed by atoms with Crippen LogP contribution in [0.3, 0.4) is 0 Å². The van der Waals surface area contributed by atoms with Crippen LogP contribution in [0.1, 0.15) is 20.7 Å². The van der Waals surface area contributed by atoms with Gasteiger partial charge in [0.1, 0.15) is 0 Å². The summed E-state index contributed by atoms with van der Waals surface area (Å²) in [7, 11) is 0. The molecule has 0 bridgehead atoms. The molecule has 0 atom stereocenters. The molecule has 20 heavy (non-hydrogen) atoms. The number of benzene rings is 2. The van der Waals surface area contributed by atoms with Crippen LogP contribution in [-0.2, 0) is 0 Å². The van der Waals surface area contributed by atoms with E-state index < -0.39 is 11.9 Å². The van der Waals surface area contributed by atoms with Gasteiger partial charge in [-0.3, -0.25) is 0 Å². The molecular formula is C14H10N2O4-2. The average molecular weight is 270 g/mol. The van der Waals surface area contributed by atoms with Crippen LogP contribution in [0.25, 0.3) is 11.1 Å². The topological polar surface area (TPSA) is 132 Å². The molecule has 0 fully saturated rings. The lowest BCUT2D eigenvalue weighted by molar-refractivity contribution is -0.256. The molecule has 6 nitrogen and oxygen atoms in total. The van der Waals surface area contributed by atoms with Gasteiger partial charge in [-0.05, 0) is 35.4 Å². The molecule has 0 aliphatic heterocycles. The minimum absolute atomic E-state index is 0.179. The van der Waals surface area contributed by atoms with Gasteiger partial charge in [-0.25, -0.2) is 0 Å². The van der Waals surface area contributed by atoms with Crippen molar-refractivity contribution >= 4 is 23.3 Å². The van der Waals surface area contributed by atoms with E-state index in [0.29, 0.717) is 0 Å². The number of rotatable bonds is 3. The maximum Gasteiger partial charge on any atom is 0.0722 e. The lowest BCUT2D eigenvalue weighted by atomic mass is 9.94. The average Bonchev–Trinajstić information content (AvgIpc) is 2.38. The minimum Gasteiger partial charge on any atom is -0.545 e. The highest BCUT2D eigenvalue weighted by Crippen LogP contribution is 2.29. The Balaban J connectivity index is 2.75. The summed E-state index contributed by atoms with van der Waals surface area (Å²) in [5, 5.41) is 22.3. The third-order valence-electron chi connectivity index (χ3n) is 2.82. The number of carbonyl (C=O) groups is 2. The molecule has 0 aromatic heterocycles. The first kappa shape index (κ1) is 13.4. The van der Waals surface area contributed by atoms with Crippen LogP contribution in [0.2, 0.25) is 0 Å². The number of carboxylic acid groups (broad SMARTS) is 2. The summed E-state index contributed by atoms with van der Waals surface area (Å²) in [6, 6.07) is 8.19. The summed E-state index contributed by atoms with van der Waals surface area (Å²) in [6.07, 6.45) is 0. The fourth-order valence-corrected chi connectivity index (χ4v) is 1.93. The SMILES string of the molecule is Nc1ccc(-c2ccc(N)cc2C(=O)[O-])c(C(=O)[O-])c1. The minimum atomic E-state index is -1.45. The van der Waals surface area contributed by atoms with Crippen molar-refractivity contribution in [2.75, 3.05) is 11.5 Å². The maximum atomic E-state index is 11.1. The zero-order valence-corrected chi connectivity index (χ0v) is 10.3. The van der Waals surface area contributed by atoms with Crippen molar-refractivity contribution < 1.29 is 19.8 Å². The van der Waals surface area contributed by atoms with Gasteiger partial charge in [0.2, 0.25) is 0 Å². The summed E-state index contributed by atoms with van der Waals surface area (Å²) < 4.78 is 0. The predicted molar refractivity (Wildman–Crippen MR) is 69.4 cm³/mol. The monoisotopic (exact) mass is 270 g/mol. The van der Waals surface area contributed by atoms with Crippen molar-refractivity contribution in [2.45, 2.75) is 0 Å². The number of carboxylic acids is 2. The zero-order valence-electron chi connectivity index (χ0n) is 10.3. The van der Waals surface area contributed by atoms with E-state index in [1.807, 2.05) is 0 Å². The lowest BCUT2D eigenvalue weighted by Crippen LogP contribution is -2.25. The Bertz CT molecular complexity index is 649. The Kier molecular flexibility index (Phi) is 3.30. The van der Waals surface area contributed by atoms with Crippen molar-refractivity contribution in [3.63, 3.8) is 0 Å². The maximum absolute atomic E-state index is 11.1. The Morgan fingerprint density at radius 3 is 1.40 bits per heavy atom. The zero-order chi connectivity index (χ0) is 14.9. The molecule has 6 heteroatoms. The molecule has 0 heterocycles. The molecule has 0 aliphatic carbocycles. The van der Waals surface area contributed by atoms with E-state index >= 15 is 0 Å². The number of hydrogen-bond donors (Lipinski definition) is 2. The van der Waals surface area contributed by atoms with Crippen molar-refractivity contribution in [1.82, 2.24) is 0 Å². The smallest absolute Gasteiger partial charge is 0.0722 e. The van der Waals surface area contributed by atoms with Crippen LogP contribution in [0.5, 0.6) is 0 Å². The second-order valence-corrected chi connectivity index (χ2v) is 4.18. The Morgan fingerprint density at radius 1 is 0.750 bits per heavy atom. The van der Waals surface area contributed by atoms with Crippen LogP contribution < -0.4 is 21.7 Å². The van der Waals surface area contributed by atoms with E-state index in [0.717, 1.165) is 0 Å². The van der Waals surface area contributed by atoms with Gasteiger partial charge in [0.15, 0.2) is 0 Å². The van der Waals surface area contributed by atoms with Gasteiger partial charge < -0.3 is 31.3 Å². The molecule has 0 saturated heterocycles. The van der Waals surface area contributed by atoms with E-state index in [4.69, 9.17) is 11.5 Å². The van der Waals surface area contributed by atoms with Gasteiger partial charge in [0, 0.05) is 22.5 Å². The lowest BCUT2D eigenvalue weighted by Gasteiger charge is -2.16. The van der Waals surface area contributed by atoms with E-state index in [9.17, 15) is 19.8 Å². The van der Waals surface area contributed by atoms with Crippen molar-refractivity contribution in [3.8, 4) is 11.1 Å². The molecule has 0 spiro atoms. The van der Waals surface area contributed by atoms with Crippen LogP contribution in [0, 0.1) is 0 Å². The van der Waals surface area contributed by atoms with E-state index in [2.05, 4.69) is 0 Å². The van der Waals surface area contributed by atoms with Gasteiger partial charge in [0.05, 0.1) is 11.9 Å². The van der Waals surface area contributed by atoms with Crippen molar-refractivity contribution in [3.05, 3.63) is 47.5 Å². The number of carbonyl (C=O) groups excluding carboxylic acids is 2. The van der Waals surface area contributed by atoms with Crippen LogP contribution in [-0.4, -0.2) is 11.9 Å². The molecule has 4 N–H and O–H groups in total. The molecule has 0 amide bonds. The fraction of sp³-hybridized carbons (Fsp3) is 0. The summed E-state index contributed by atoms with van der Waals surface area (Å²) in [5.41, 5.74) is 11.5. The Labute approximate surface area is 114 Å². The van der Waals surface area contributed by atoms with Gasteiger partial charge >= 0.3 is 0 Å². The molecule has 0 radical (unpaired) electrons. The van der Waals surface area contributed by atoms with Crippen LogP contribution >= 0.6 is 0 Å². The molecule has 0 unspecified atom stereocenters.